The molecular weight excluding hydrogens is 638 g/mol. The highest BCUT2D eigenvalue weighted by molar-refractivity contribution is 6.17. The molecule has 260 valence electrons. The van der Waals surface area contributed by atoms with Gasteiger partial charge in [0, 0.05) is 60.9 Å². The molecule has 2 aliphatic carbocycles. The van der Waals surface area contributed by atoms with Crippen molar-refractivity contribution in [2.75, 3.05) is 69.9 Å². The van der Waals surface area contributed by atoms with Gasteiger partial charge in [-0.2, -0.15) is 0 Å². The minimum absolute atomic E-state index is 0.171. The summed E-state index contributed by atoms with van der Waals surface area (Å²) in [5.74, 6) is -0.586. The van der Waals surface area contributed by atoms with Crippen LogP contribution in [-0.2, 0) is 14.9 Å². The van der Waals surface area contributed by atoms with Crippen LogP contribution in [0.1, 0.15) is 89.8 Å². The molecule has 0 unspecified atom stereocenters. The number of carbonyl (C=O) groups excluding carboxylic acids is 1. The number of hydrogen-bond donors (Lipinski definition) is 2. The van der Waals surface area contributed by atoms with Crippen molar-refractivity contribution in [1.29, 1.82) is 0 Å². The van der Waals surface area contributed by atoms with Crippen LogP contribution >= 0.6 is 11.6 Å². The number of aromatic carboxylic acids is 1. The first-order valence-electron chi connectivity index (χ1n) is 17.8. The van der Waals surface area contributed by atoms with Gasteiger partial charge < -0.3 is 24.8 Å². The molecule has 2 N–H and O–H groups in total. The van der Waals surface area contributed by atoms with Gasteiger partial charge in [0.2, 0.25) is 0 Å². The van der Waals surface area contributed by atoms with Crippen molar-refractivity contribution in [2.45, 2.75) is 57.8 Å². The third-order valence-electron chi connectivity index (χ3n) is 10.2. The van der Waals surface area contributed by atoms with E-state index < -0.39 is 5.97 Å². The van der Waals surface area contributed by atoms with Crippen LogP contribution < -0.4 is 10.2 Å². The van der Waals surface area contributed by atoms with Crippen LogP contribution in [0.3, 0.4) is 0 Å². The van der Waals surface area contributed by atoms with Gasteiger partial charge in [0.15, 0.2) is 5.71 Å². The monoisotopic (exact) mass is 686 g/mol. The van der Waals surface area contributed by atoms with E-state index in [-0.39, 0.29) is 16.9 Å². The number of fused-ring (bicyclic) bond motifs is 2. The third-order valence-corrected chi connectivity index (χ3v) is 10.5. The molecule has 2 aromatic rings. The number of nitrogens with zero attached hydrogens (tertiary/aromatic N) is 2. The molecule has 0 saturated carbocycles. The number of rotatable bonds is 16. The smallest absolute Gasteiger partial charge is 0.336 e. The normalized spacial score (nSPS) is 17.6. The van der Waals surface area contributed by atoms with Gasteiger partial charge in [-0.25, -0.2) is 9.37 Å². The van der Waals surface area contributed by atoms with Crippen LogP contribution in [-0.4, -0.2) is 92.3 Å². The fourth-order valence-electron chi connectivity index (χ4n) is 7.05. The molecule has 9 heteroatoms. The van der Waals surface area contributed by atoms with Crippen molar-refractivity contribution in [2.24, 2.45) is 0 Å². The van der Waals surface area contributed by atoms with Crippen molar-refractivity contribution in [3.05, 3.63) is 93.6 Å². The molecule has 0 aromatic heterocycles. The number of carboxylic acid groups (broad SMARTS) is 1. The highest BCUT2D eigenvalue weighted by Crippen LogP contribution is 2.51. The summed E-state index contributed by atoms with van der Waals surface area (Å²) >= 11 is 5.71. The standard InChI is InChI=1S/C40H48ClN3O5/c1-40(2)35-26-29(43-17-7-18-43)10-13-32(35)37(33-14-11-30(27-36(33)40)44-19-8-20-44)34-25-28(9-12-31(34)39(46)47)38(45)42-16-22-49-24-23-48-21-6-4-3-5-15-41/h9-14,25-27H,3-8,15-24H2,1-2H3,(H-,42,45,46,47)/p+1. The van der Waals surface area contributed by atoms with E-state index in [9.17, 15) is 14.7 Å². The van der Waals surface area contributed by atoms with Crippen LogP contribution in [0.15, 0.2) is 65.8 Å². The predicted octanol–water partition coefficient (Wildman–Crippen LogP) is 6.60. The molecule has 8 nitrogen and oxygen atoms in total. The largest absolute Gasteiger partial charge is 0.478 e. The summed E-state index contributed by atoms with van der Waals surface area (Å²) in [6, 6.07) is 11.5. The summed E-state index contributed by atoms with van der Waals surface area (Å²) < 4.78 is 13.7. The zero-order chi connectivity index (χ0) is 34.4. The molecule has 2 aliphatic heterocycles. The Morgan fingerprint density at radius 3 is 2.39 bits per heavy atom. The van der Waals surface area contributed by atoms with Crippen LogP contribution in [0.5, 0.6) is 0 Å². The van der Waals surface area contributed by atoms with Crippen LogP contribution in [0.4, 0.5) is 5.69 Å². The Morgan fingerprint density at radius 2 is 1.69 bits per heavy atom. The van der Waals surface area contributed by atoms with Crippen molar-refractivity contribution in [3.8, 4) is 0 Å². The van der Waals surface area contributed by atoms with Crippen molar-refractivity contribution < 1.29 is 28.7 Å². The van der Waals surface area contributed by atoms with Crippen molar-refractivity contribution in [1.82, 2.24) is 5.32 Å². The number of amides is 1. The molecule has 1 amide bonds. The Bertz CT molecular complexity index is 1700. The van der Waals surface area contributed by atoms with Gasteiger partial charge in [-0.05, 0) is 89.1 Å². The van der Waals surface area contributed by atoms with E-state index in [4.69, 9.17) is 21.1 Å². The first kappa shape index (κ1) is 35.1. The van der Waals surface area contributed by atoms with Crippen LogP contribution in [0, 0.1) is 0 Å². The Balaban J connectivity index is 1.24. The molecule has 2 saturated heterocycles. The minimum atomic E-state index is -1.03. The Hall–Kier alpha value is -3.72. The van der Waals surface area contributed by atoms with E-state index >= 15 is 0 Å². The number of anilines is 1. The van der Waals surface area contributed by atoms with E-state index in [1.165, 1.54) is 35.4 Å². The first-order chi connectivity index (χ1) is 23.8. The number of halogens is 1. The number of unbranched alkanes of at least 4 members (excludes halogenated alkanes) is 3. The van der Waals surface area contributed by atoms with Crippen LogP contribution in [0.25, 0.3) is 5.57 Å². The first-order valence-corrected chi connectivity index (χ1v) is 18.4. The second-order valence-corrected chi connectivity index (χ2v) is 14.2. The highest BCUT2D eigenvalue weighted by atomic mass is 35.5. The SMILES string of the molecule is CC1(C)C2=CC(=[N+]3CCC3)C=CC2=C(c2cc(C(=O)NCCOCCOCCCCCCCl)ccc2C(=O)O)c2ccc(N3CCC3)cc21. The summed E-state index contributed by atoms with van der Waals surface area (Å²) in [6.07, 6.45) is 13.3. The second kappa shape index (κ2) is 15.9. The van der Waals surface area contributed by atoms with E-state index in [2.05, 4.69) is 65.1 Å². The van der Waals surface area contributed by atoms with Crippen molar-refractivity contribution >= 4 is 40.4 Å². The molecule has 0 spiro atoms. The summed E-state index contributed by atoms with van der Waals surface area (Å²) in [6.45, 7) is 11.1. The predicted molar refractivity (Wildman–Crippen MR) is 196 cm³/mol. The molecule has 2 heterocycles. The Morgan fingerprint density at radius 1 is 0.918 bits per heavy atom. The summed E-state index contributed by atoms with van der Waals surface area (Å²) in [5, 5.41) is 13.3. The number of alkyl halides is 1. The van der Waals surface area contributed by atoms with E-state index in [1.807, 2.05) is 0 Å². The van der Waals surface area contributed by atoms with Gasteiger partial charge in [0.05, 0.1) is 31.8 Å². The summed E-state index contributed by atoms with van der Waals surface area (Å²) in [7, 11) is 0. The molecule has 2 aromatic carbocycles. The number of ether oxygens (including phenoxy) is 2. The second-order valence-electron chi connectivity index (χ2n) is 13.8. The maximum atomic E-state index is 13.4. The van der Waals surface area contributed by atoms with Gasteiger partial charge in [0.1, 0.15) is 13.1 Å². The molecule has 2 fully saturated rings. The Kier molecular flexibility index (Phi) is 11.4. The number of benzene rings is 2. The summed E-state index contributed by atoms with van der Waals surface area (Å²) in [4.78, 5) is 28.5. The van der Waals surface area contributed by atoms with Crippen molar-refractivity contribution in [3.63, 3.8) is 0 Å². The van der Waals surface area contributed by atoms with E-state index in [0.717, 1.165) is 68.6 Å². The molecule has 6 rings (SSSR count). The molecule has 0 radical (unpaired) electrons. The fraction of sp³-hybridized carbons (Fsp3) is 0.475. The molecule has 4 aliphatic rings. The number of carbonyl (C=O) groups is 2. The maximum absolute atomic E-state index is 13.4. The number of allylic oxidation sites excluding steroid dienone is 5. The van der Waals surface area contributed by atoms with Gasteiger partial charge in [0.25, 0.3) is 5.91 Å². The van der Waals surface area contributed by atoms with Gasteiger partial charge in [-0.1, -0.05) is 32.8 Å². The van der Waals surface area contributed by atoms with E-state index in [0.29, 0.717) is 50.0 Å². The topological polar surface area (TPSA) is 91.1 Å². The van der Waals surface area contributed by atoms with Gasteiger partial charge in [-0.15, -0.1) is 11.6 Å². The van der Waals surface area contributed by atoms with Crippen LogP contribution in [0.2, 0.25) is 0 Å². The highest BCUT2D eigenvalue weighted by Gasteiger charge is 2.40. The fourth-order valence-corrected chi connectivity index (χ4v) is 7.24. The zero-order valence-electron chi connectivity index (χ0n) is 28.9. The minimum Gasteiger partial charge on any atom is -0.478 e. The maximum Gasteiger partial charge on any atom is 0.336 e. The Labute approximate surface area is 295 Å². The number of carboxylic acids is 1. The molecular formula is C40H49ClN3O5+. The molecule has 0 atom stereocenters. The number of nitrogens with one attached hydrogen (secondary N) is 1. The zero-order valence-corrected chi connectivity index (χ0v) is 29.6. The van der Waals surface area contributed by atoms with Gasteiger partial charge in [-0.3, -0.25) is 4.79 Å². The quantitative estimate of drug-likeness (QED) is 0.117. The van der Waals surface area contributed by atoms with Gasteiger partial charge >= 0.3 is 5.97 Å². The lowest BCUT2D eigenvalue weighted by Gasteiger charge is -2.41. The lowest BCUT2D eigenvalue weighted by Crippen LogP contribution is -2.38. The molecule has 0 bridgehead atoms. The van der Waals surface area contributed by atoms with E-state index in [1.54, 1.807) is 18.2 Å². The summed E-state index contributed by atoms with van der Waals surface area (Å²) in [5.41, 5.74) is 8.38. The average Bonchev–Trinajstić information content (AvgIpc) is 3.04. The lowest BCUT2D eigenvalue weighted by atomic mass is 9.64. The lowest BCUT2D eigenvalue weighted by molar-refractivity contribution is -0.582. The average molecular weight is 687 g/mol. The third kappa shape index (κ3) is 7.72. The molecule has 49 heavy (non-hydrogen) atoms. The number of hydrogen-bond acceptors (Lipinski definition) is 5.